The molecule has 0 unspecified atom stereocenters. The number of para-hydroxylation sites is 1. The van der Waals surface area contributed by atoms with E-state index in [2.05, 4.69) is 0 Å². The molecular formula is C22H25NO10. The second kappa shape index (κ2) is 10.6. The number of aliphatic hydroxyl groups excluding tert-OH is 4. The van der Waals surface area contributed by atoms with E-state index in [1.54, 1.807) is 24.3 Å². The van der Waals surface area contributed by atoms with Crippen LogP contribution in [0.2, 0.25) is 0 Å². The molecule has 0 radical (unpaired) electrons. The molecule has 0 aromatic heterocycles. The molecule has 3 rings (SSSR count). The first-order chi connectivity index (χ1) is 15.8. The summed E-state index contributed by atoms with van der Waals surface area (Å²) in [6.45, 7) is -0.616. The lowest BCUT2D eigenvalue weighted by Gasteiger charge is -2.39. The first kappa shape index (κ1) is 24.4. The van der Waals surface area contributed by atoms with Crippen molar-refractivity contribution >= 4 is 17.8 Å². The van der Waals surface area contributed by atoms with Gasteiger partial charge in [0.2, 0.25) is 6.29 Å². The Kier molecular flexibility index (Phi) is 7.84. The molecule has 178 valence electrons. The van der Waals surface area contributed by atoms with Crippen LogP contribution in [0.1, 0.15) is 11.1 Å². The van der Waals surface area contributed by atoms with E-state index in [0.29, 0.717) is 16.9 Å². The molecule has 1 heterocycles. The number of nitro benzene ring substituents is 1. The van der Waals surface area contributed by atoms with Crippen LogP contribution in [0, 0.1) is 10.1 Å². The summed E-state index contributed by atoms with van der Waals surface area (Å²) < 4.78 is 21.9. The van der Waals surface area contributed by atoms with Gasteiger partial charge < -0.3 is 39.4 Å². The van der Waals surface area contributed by atoms with E-state index < -0.39 is 42.2 Å². The van der Waals surface area contributed by atoms with Crippen molar-refractivity contribution in [3.8, 4) is 17.2 Å². The standard InChI is InChI=1S/C22H25NO10/c1-30-14-9-13(8-7-12-5-3-4-6-15(12)23(28)29)21(16(10-14)31-2)33-22-20(27)19(26)18(25)17(11-24)32-22/h3-10,17-20,22,24-27H,11H2,1-2H3/b8-7+/t17-,18-,19+,20-,22+/m1/s1. The Hall–Kier alpha value is -3.22. The average molecular weight is 463 g/mol. The lowest BCUT2D eigenvalue weighted by Crippen LogP contribution is -2.60. The van der Waals surface area contributed by atoms with Gasteiger partial charge >= 0.3 is 0 Å². The van der Waals surface area contributed by atoms with Gasteiger partial charge in [-0.05, 0) is 18.2 Å². The van der Waals surface area contributed by atoms with E-state index in [1.807, 2.05) is 0 Å². The van der Waals surface area contributed by atoms with Gasteiger partial charge in [-0.15, -0.1) is 0 Å². The lowest BCUT2D eigenvalue weighted by molar-refractivity contribution is -0.385. The molecule has 0 aliphatic carbocycles. The predicted molar refractivity (Wildman–Crippen MR) is 116 cm³/mol. The summed E-state index contributed by atoms with van der Waals surface area (Å²) in [4.78, 5) is 10.8. The molecule has 5 atom stereocenters. The quantitative estimate of drug-likeness (QED) is 0.252. The summed E-state index contributed by atoms with van der Waals surface area (Å²) in [5, 5.41) is 51.1. The van der Waals surface area contributed by atoms with Crippen molar-refractivity contribution in [1.29, 1.82) is 0 Å². The number of nitro groups is 1. The molecule has 1 aliphatic heterocycles. The van der Waals surface area contributed by atoms with E-state index in [1.165, 1.54) is 38.5 Å². The molecule has 0 amide bonds. The number of benzene rings is 2. The van der Waals surface area contributed by atoms with Crippen LogP contribution < -0.4 is 14.2 Å². The lowest BCUT2D eigenvalue weighted by atomic mass is 9.99. The third-order valence-electron chi connectivity index (χ3n) is 5.17. The van der Waals surface area contributed by atoms with Crippen LogP contribution in [0.4, 0.5) is 5.69 Å². The Bertz CT molecular complexity index is 1010. The SMILES string of the molecule is COc1cc(/C=C/c2ccccc2[N+](=O)[O-])c(O[C@@H]2O[C@H](CO)[C@@H](O)[C@H](O)[C@H]2O)c(OC)c1. The molecular weight excluding hydrogens is 438 g/mol. The van der Waals surface area contributed by atoms with Crippen LogP contribution >= 0.6 is 0 Å². The van der Waals surface area contributed by atoms with Gasteiger partial charge in [-0.25, -0.2) is 0 Å². The predicted octanol–water partition coefficient (Wildman–Crippen LogP) is 0.961. The summed E-state index contributed by atoms with van der Waals surface area (Å²) >= 11 is 0. The third-order valence-corrected chi connectivity index (χ3v) is 5.17. The molecule has 11 heteroatoms. The Labute approximate surface area is 189 Å². The van der Waals surface area contributed by atoms with E-state index in [-0.39, 0.29) is 17.2 Å². The van der Waals surface area contributed by atoms with Crippen LogP contribution in [0.25, 0.3) is 12.2 Å². The molecule has 1 fully saturated rings. The number of aliphatic hydroxyl groups is 4. The van der Waals surface area contributed by atoms with Crippen molar-refractivity contribution in [2.75, 3.05) is 20.8 Å². The molecule has 0 spiro atoms. The van der Waals surface area contributed by atoms with Crippen LogP contribution in [0.15, 0.2) is 36.4 Å². The Morgan fingerprint density at radius 3 is 2.36 bits per heavy atom. The highest BCUT2D eigenvalue weighted by Gasteiger charge is 2.45. The van der Waals surface area contributed by atoms with Crippen molar-refractivity contribution < 1.29 is 44.3 Å². The minimum Gasteiger partial charge on any atom is -0.497 e. The molecule has 1 aliphatic rings. The Balaban J connectivity index is 2.02. The fourth-order valence-electron chi connectivity index (χ4n) is 3.37. The summed E-state index contributed by atoms with van der Waals surface area (Å²) in [5.41, 5.74) is 0.601. The number of hydrogen-bond acceptors (Lipinski definition) is 10. The number of hydrogen-bond donors (Lipinski definition) is 4. The fraction of sp³-hybridized carbons (Fsp3) is 0.364. The molecule has 0 bridgehead atoms. The fourth-order valence-corrected chi connectivity index (χ4v) is 3.37. The molecule has 33 heavy (non-hydrogen) atoms. The molecule has 1 saturated heterocycles. The maximum Gasteiger partial charge on any atom is 0.276 e. The molecule has 2 aromatic rings. The first-order valence-electron chi connectivity index (χ1n) is 9.95. The highest BCUT2D eigenvalue weighted by molar-refractivity contribution is 5.78. The van der Waals surface area contributed by atoms with Crippen LogP contribution in [-0.4, -0.2) is 76.9 Å². The molecule has 4 N–H and O–H groups in total. The Morgan fingerprint density at radius 2 is 1.73 bits per heavy atom. The van der Waals surface area contributed by atoms with Gasteiger partial charge in [0.1, 0.15) is 30.2 Å². The normalized spacial score (nSPS) is 25.1. The van der Waals surface area contributed by atoms with E-state index in [9.17, 15) is 30.5 Å². The van der Waals surface area contributed by atoms with Gasteiger partial charge in [0, 0.05) is 17.7 Å². The zero-order valence-electron chi connectivity index (χ0n) is 17.9. The highest BCUT2D eigenvalue weighted by Crippen LogP contribution is 2.39. The maximum atomic E-state index is 11.3. The van der Waals surface area contributed by atoms with Crippen LogP contribution in [0.3, 0.4) is 0 Å². The van der Waals surface area contributed by atoms with Gasteiger partial charge in [0.25, 0.3) is 5.69 Å². The first-order valence-corrected chi connectivity index (χ1v) is 9.95. The number of nitrogens with zero attached hydrogens (tertiary/aromatic N) is 1. The van der Waals surface area contributed by atoms with Crippen molar-refractivity contribution in [3.63, 3.8) is 0 Å². The molecule has 2 aromatic carbocycles. The number of methoxy groups -OCH3 is 2. The van der Waals surface area contributed by atoms with Crippen molar-refractivity contribution in [1.82, 2.24) is 0 Å². The summed E-state index contributed by atoms with van der Waals surface area (Å²) in [5.74, 6) is 0.668. The minimum absolute atomic E-state index is 0.0810. The van der Waals surface area contributed by atoms with Gasteiger partial charge in [-0.3, -0.25) is 10.1 Å². The second-order valence-electron chi connectivity index (χ2n) is 7.21. The largest absolute Gasteiger partial charge is 0.497 e. The topological polar surface area (TPSA) is 161 Å². The maximum absolute atomic E-state index is 11.3. The minimum atomic E-state index is -1.64. The average Bonchev–Trinajstić information content (AvgIpc) is 2.83. The summed E-state index contributed by atoms with van der Waals surface area (Å²) in [7, 11) is 2.83. The van der Waals surface area contributed by atoms with Gasteiger partial charge in [-0.2, -0.15) is 0 Å². The van der Waals surface area contributed by atoms with Crippen molar-refractivity contribution in [3.05, 3.63) is 57.6 Å². The van der Waals surface area contributed by atoms with Crippen molar-refractivity contribution in [2.45, 2.75) is 30.7 Å². The van der Waals surface area contributed by atoms with E-state index >= 15 is 0 Å². The summed E-state index contributed by atoms with van der Waals surface area (Å²) in [6, 6.07) is 9.25. The smallest absolute Gasteiger partial charge is 0.276 e. The van der Waals surface area contributed by atoms with E-state index in [0.717, 1.165) is 0 Å². The second-order valence-corrected chi connectivity index (χ2v) is 7.21. The third kappa shape index (κ3) is 5.24. The zero-order valence-corrected chi connectivity index (χ0v) is 17.9. The van der Waals surface area contributed by atoms with Crippen LogP contribution in [0.5, 0.6) is 17.2 Å². The van der Waals surface area contributed by atoms with E-state index in [4.69, 9.17) is 18.9 Å². The number of ether oxygens (including phenoxy) is 4. The van der Waals surface area contributed by atoms with Crippen molar-refractivity contribution in [2.24, 2.45) is 0 Å². The van der Waals surface area contributed by atoms with Gasteiger partial charge in [0.15, 0.2) is 11.5 Å². The molecule has 11 nitrogen and oxygen atoms in total. The van der Waals surface area contributed by atoms with Gasteiger partial charge in [0.05, 0.1) is 31.3 Å². The zero-order chi connectivity index (χ0) is 24.1. The number of rotatable bonds is 8. The summed E-state index contributed by atoms with van der Waals surface area (Å²) in [6.07, 6.45) is -4.39. The Morgan fingerprint density at radius 1 is 1.03 bits per heavy atom. The monoisotopic (exact) mass is 463 g/mol. The van der Waals surface area contributed by atoms with Gasteiger partial charge in [-0.1, -0.05) is 18.2 Å². The van der Waals surface area contributed by atoms with Crippen LogP contribution in [-0.2, 0) is 4.74 Å². The molecule has 0 saturated carbocycles. The highest BCUT2D eigenvalue weighted by atomic mass is 16.7.